The van der Waals surface area contributed by atoms with Gasteiger partial charge >= 0.3 is 5.63 Å². The number of anilines is 1. The maximum absolute atomic E-state index is 12.4. The number of carbonyl (C=O) groups excluding carboxylic acids is 1. The van der Waals surface area contributed by atoms with Crippen molar-refractivity contribution in [1.82, 2.24) is 0 Å². The number of benzene rings is 3. The van der Waals surface area contributed by atoms with Gasteiger partial charge in [0, 0.05) is 17.5 Å². The van der Waals surface area contributed by atoms with Crippen molar-refractivity contribution in [3.8, 4) is 28.4 Å². The normalized spacial score (nSPS) is 10.6. The summed E-state index contributed by atoms with van der Waals surface area (Å²) < 4.78 is 21.5. The predicted octanol–water partition coefficient (Wildman–Crippen LogP) is 4.80. The lowest BCUT2D eigenvalue weighted by Crippen LogP contribution is -2.20. The number of methoxy groups -OCH3 is 2. The number of nitrogens with one attached hydrogen (secondary N) is 1. The van der Waals surface area contributed by atoms with E-state index in [1.807, 2.05) is 43.3 Å². The summed E-state index contributed by atoms with van der Waals surface area (Å²) in [5, 5.41) is 3.54. The van der Waals surface area contributed by atoms with Crippen molar-refractivity contribution >= 4 is 22.6 Å². The number of carbonyl (C=O) groups is 1. The van der Waals surface area contributed by atoms with Crippen molar-refractivity contribution in [1.29, 1.82) is 0 Å². The zero-order valence-electron chi connectivity index (χ0n) is 18.5. The zero-order chi connectivity index (χ0) is 23.4. The van der Waals surface area contributed by atoms with Crippen LogP contribution in [0.5, 0.6) is 17.2 Å². The minimum absolute atomic E-state index is 0.217. The van der Waals surface area contributed by atoms with Crippen molar-refractivity contribution in [2.45, 2.75) is 6.92 Å². The highest BCUT2D eigenvalue weighted by atomic mass is 16.5. The molecule has 0 bridgehead atoms. The third-order valence-corrected chi connectivity index (χ3v) is 5.12. The van der Waals surface area contributed by atoms with Gasteiger partial charge in [0.2, 0.25) is 0 Å². The SMILES string of the molecule is COc1ccc(-c2cc(=O)oc3cc(OCC(=O)Nc4cc(C)ccc4OC)ccc23)cc1. The summed E-state index contributed by atoms with van der Waals surface area (Å²) in [6.45, 7) is 1.71. The molecular weight excluding hydrogens is 422 g/mol. The lowest BCUT2D eigenvalue weighted by molar-refractivity contribution is -0.118. The van der Waals surface area contributed by atoms with Crippen LogP contribution in [0.1, 0.15) is 5.56 Å². The van der Waals surface area contributed by atoms with E-state index in [9.17, 15) is 9.59 Å². The third kappa shape index (κ3) is 4.98. The largest absolute Gasteiger partial charge is 0.497 e. The van der Waals surface area contributed by atoms with E-state index in [-0.39, 0.29) is 12.5 Å². The lowest BCUT2D eigenvalue weighted by Gasteiger charge is -2.12. The molecule has 3 aromatic carbocycles. The second-order valence-corrected chi connectivity index (χ2v) is 7.41. The highest BCUT2D eigenvalue weighted by molar-refractivity contribution is 5.95. The Hall–Kier alpha value is -4.26. The topological polar surface area (TPSA) is 87.0 Å². The number of rotatable bonds is 7. The second kappa shape index (κ2) is 9.48. The fourth-order valence-electron chi connectivity index (χ4n) is 3.50. The minimum atomic E-state index is -0.477. The number of aryl methyl sites for hydroxylation is 1. The molecule has 0 unspecified atom stereocenters. The Morgan fingerprint density at radius 3 is 2.39 bits per heavy atom. The summed E-state index contributed by atoms with van der Waals surface area (Å²) >= 11 is 0. The first-order valence-corrected chi connectivity index (χ1v) is 10.3. The Balaban J connectivity index is 1.53. The van der Waals surface area contributed by atoms with Gasteiger partial charge < -0.3 is 23.9 Å². The van der Waals surface area contributed by atoms with Gasteiger partial charge in [0.15, 0.2) is 6.61 Å². The molecule has 168 valence electrons. The van der Waals surface area contributed by atoms with E-state index in [0.29, 0.717) is 22.8 Å². The molecule has 7 heteroatoms. The van der Waals surface area contributed by atoms with E-state index in [1.165, 1.54) is 6.07 Å². The van der Waals surface area contributed by atoms with Crippen LogP contribution < -0.4 is 25.2 Å². The molecule has 1 N–H and O–H groups in total. The number of ether oxygens (including phenoxy) is 3. The van der Waals surface area contributed by atoms with E-state index in [1.54, 1.807) is 38.5 Å². The van der Waals surface area contributed by atoms with E-state index in [2.05, 4.69) is 5.32 Å². The van der Waals surface area contributed by atoms with Crippen LogP contribution in [0.15, 0.2) is 75.9 Å². The summed E-state index contributed by atoms with van der Waals surface area (Å²) in [6.07, 6.45) is 0. The molecule has 1 heterocycles. The maximum Gasteiger partial charge on any atom is 0.336 e. The first-order valence-electron chi connectivity index (χ1n) is 10.3. The molecule has 1 aromatic heterocycles. The summed E-state index contributed by atoms with van der Waals surface area (Å²) in [5.41, 5.74) is 3.04. The van der Waals surface area contributed by atoms with Gasteiger partial charge in [-0.15, -0.1) is 0 Å². The molecule has 0 fully saturated rings. The van der Waals surface area contributed by atoms with Crippen LogP contribution in [0.3, 0.4) is 0 Å². The van der Waals surface area contributed by atoms with Crippen LogP contribution in [0.25, 0.3) is 22.1 Å². The average molecular weight is 445 g/mol. The average Bonchev–Trinajstić information content (AvgIpc) is 2.82. The molecule has 0 saturated carbocycles. The van der Waals surface area contributed by atoms with Gasteiger partial charge in [-0.3, -0.25) is 4.79 Å². The molecule has 4 aromatic rings. The molecule has 0 saturated heterocycles. The van der Waals surface area contributed by atoms with E-state index in [0.717, 1.165) is 27.8 Å². The lowest BCUT2D eigenvalue weighted by atomic mass is 10.0. The summed E-state index contributed by atoms with van der Waals surface area (Å²) in [4.78, 5) is 24.6. The molecule has 4 rings (SSSR count). The third-order valence-electron chi connectivity index (χ3n) is 5.12. The van der Waals surface area contributed by atoms with Gasteiger partial charge in [-0.2, -0.15) is 0 Å². The van der Waals surface area contributed by atoms with Crippen LogP contribution in [-0.4, -0.2) is 26.7 Å². The van der Waals surface area contributed by atoms with Gasteiger partial charge in [0.05, 0.1) is 19.9 Å². The fourth-order valence-corrected chi connectivity index (χ4v) is 3.50. The van der Waals surface area contributed by atoms with E-state index < -0.39 is 5.63 Å². The quantitative estimate of drug-likeness (QED) is 0.411. The number of fused-ring (bicyclic) bond motifs is 1. The molecule has 1 amide bonds. The van der Waals surface area contributed by atoms with Crippen molar-refractivity contribution in [2.24, 2.45) is 0 Å². The first-order chi connectivity index (χ1) is 16.0. The molecule has 0 atom stereocenters. The van der Waals surface area contributed by atoms with Gasteiger partial charge in [-0.05, 0) is 60.0 Å². The van der Waals surface area contributed by atoms with Crippen molar-refractivity contribution in [3.63, 3.8) is 0 Å². The van der Waals surface area contributed by atoms with Crippen molar-refractivity contribution in [3.05, 3.63) is 82.7 Å². The van der Waals surface area contributed by atoms with Crippen LogP contribution in [-0.2, 0) is 4.79 Å². The first kappa shape index (κ1) is 22.0. The second-order valence-electron chi connectivity index (χ2n) is 7.41. The highest BCUT2D eigenvalue weighted by Crippen LogP contribution is 2.31. The summed E-state index contributed by atoms with van der Waals surface area (Å²) in [7, 11) is 3.14. The smallest absolute Gasteiger partial charge is 0.336 e. The fraction of sp³-hybridized carbons (Fsp3) is 0.154. The molecule has 0 aliphatic carbocycles. The monoisotopic (exact) mass is 445 g/mol. The van der Waals surface area contributed by atoms with Gasteiger partial charge in [-0.1, -0.05) is 18.2 Å². The molecular formula is C26H23NO6. The molecule has 0 aliphatic rings. The number of hydrogen-bond acceptors (Lipinski definition) is 6. The summed E-state index contributed by atoms with van der Waals surface area (Å²) in [6, 6.07) is 19.5. The minimum Gasteiger partial charge on any atom is -0.497 e. The molecule has 7 nitrogen and oxygen atoms in total. The van der Waals surface area contributed by atoms with Crippen molar-refractivity contribution < 1.29 is 23.4 Å². The maximum atomic E-state index is 12.4. The van der Waals surface area contributed by atoms with Gasteiger partial charge in [0.25, 0.3) is 5.91 Å². The Labute approximate surface area is 190 Å². The van der Waals surface area contributed by atoms with Crippen molar-refractivity contribution in [2.75, 3.05) is 26.1 Å². The number of hydrogen-bond donors (Lipinski definition) is 1. The summed E-state index contributed by atoms with van der Waals surface area (Å²) in [5.74, 6) is 1.35. The predicted molar refractivity (Wildman–Crippen MR) is 126 cm³/mol. The van der Waals surface area contributed by atoms with Gasteiger partial charge in [-0.25, -0.2) is 4.79 Å². The van der Waals surface area contributed by atoms with Crippen LogP contribution in [0.4, 0.5) is 5.69 Å². The Kier molecular flexibility index (Phi) is 6.31. The molecule has 33 heavy (non-hydrogen) atoms. The highest BCUT2D eigenvalue weighted by Gasteiger charge is 2.12. The number of amides is 1. The van der Waals surface area contributed by atoms with E-state index in [4.69, 9.17) is 18.6 Å². The van der Waals surface area contributed by atoms with Gasteiger partial charge in [0.1, 0.15) is 22.8 Å². The zero-order valence-corrected chi connectivity index (χ0v) is 18.5. The van der Waals surface area contributed by atoms with E-state index >= 15 is 0 Å². The van der Waals surface area contributed by atoms with Crippen LogP contribution in [0, 0.1) is 6.92 Å². The molecule has 0 spiro atoms. The molecule has 0 aliphatic heterocycles. The molecule has 0 radical (unpaired) electrons. The standard InChI is InChI=1S/C26H23NO6/c1-16-4-11-23(31-3)22(12-16)27-25(28)15-32-19-9-10-20-21(14-26(29)33-24(20)13-19)17-5-7-18(30-2)8-6-17/h4-14H,15H2,1-3H3,(H,27,28). The Morgan fingerprint density at radius 1 is 0.909 bits per heavy atom. The van der Waals surface area contributed by atoms with Crippen LogP contribution in [0.2, 0.25) is 0 Å². The Morgan fingerprint density at radius 2 is 1.67 bits per heavy atom. The Bertz CT molecular complexity index is 1360. The van der Waals surface area contributed by atoms with Crippen LogP contribution >= 0.6 is 0 Å².